The predicted octanol–water partition coefficient (Wildman–Crippen LogP) is 2.97. The van der Waals surface area contributed by atoms with E-state index >= 15 is 0 Å². The van der Waals surface area contributed by atoms with E-state index in [0.717, 1.165) is 31.7 Å². The summed E-state index contributed by atoms with van der Waals surface area (Å²) in [6, 6.07) is 5.92. The number of hydrogen-bond donors (Lipinski definition) is 1. The lowest BCUT2D eigenvalue weighted by Gasteiger charge is -2.10. The minimum atomic E-state index is 0.662. The van der Waals surface area contributed by atoms with Crippen molar-refractivity contribution >= 4 is 0 Å². The normalized spacial score (nSPS) is 11.2. The predicted molar refractivity (Wildman–Crippen MR) is 81.9 cm³/mol. The van der Waals surface area contributed by atoms with Crippen LogP contribution in [0.2, 0.25) is 0 Å². The van der Waals surface area contributed by atoms with E-state index in [1.165, 1.54) is 11.3 Å². The van der Waals surface area contributed by atoms with Crippen molar-refractivity contribution in [1.29, 1.82) is 0 Å². The molecule has 1 N–H and O–H groups in total. The quantitative estimate of drug-likeness (QED) is 0.842. The summed E-state index contributed by atoms with van der Waals surface area (Å²) in [5.74, 6) is 1.56. The van der Waals surface area contributed by atoms with Gasteiger partial charge in [-0.1, -0.05) is 33.3 Å². The van der Waals surface area contributed by atoms with Crippen LogP contribution in [0.15, 0.2) is 30.6 Å². The summed E-state index contributed by atoms with van der Waals surface area (Å²) in [5.41, 5.74) is 2.54. The van der Waals surface area contributed by atoms with Crippen molar-refractivity contribution in [3.63, 3.8) is 0 Å². The zero-order chi connectivity index (χ0) is 14.4. The molecule has 2 aromatic rings. The number of rotatable bonds is 7. The first kappa shape index (κ1) is 14.7. The molecule has 4 nitrogen and oxygen atoms in total. The summed E-state index contributed by atoms with van der Waals surface area (Å²) < 4.78 is 1.97. The van der Waals surface area contributed by atoms with Crippen LogP contribution in [-0.4, -0.2) is 21.3 Å². The fourth-order valence-corrected chi connectivity index (χ4v) is 2.23. The van der Waals surface area contributed by atoms with E-state index in [4.69, 9.17) is 0 Å². The van der Waals surface area contributed by atoms with Crippen LogP contribution in [0.3, 0.4) is 0 Å². The molecule has 0 aliphatic carbocycles. The van der Waals surface area contributed by atoms with Gasteiger partial charge in [-0.15, -0.1) is 0 Å². The number of pyridine rings is 1. The molecule has 20 heavy (non-hydrogen) atoms. The third kappa shape index (κ3) is 3.67. The average molecular weight is 272 g/mol. The van der Waals surface area contributed by atoms with Gasteiger partial charge in [-0.25, -0.2) is 9.67 Å². The molecule has 0 saturated carbocycles. The second kappa shape index (κ2) is 7.20. The SMILES string of the molecule is CCCc1c(CNCC(C)C)cnn1-c1ccccn1. The van der Waals surface area contributed by atoms with Gasteiger partial charge in [-0.2, -0.15) is 5.10 Å². The monoisotopic (exact) mass is 272 g/mol. The minimum absolute atomic E-state index is 0.662. The highest BCUT2D eigenvalue weighted by Gasteiger charge is 2.11. The van der Waals surface area contributed by atoms with Gasteiger partial charge in [0.2, 0.25) is 0 Å². The van der Waals surface area contributed by atoms with Crippen LogP contribution >= 0.6 is 0 Å². The Bertz CT molecular complexity index is 517. The lowest BCUT2D eigenvalue weighted by molar-refractivity contribution is 0.550. The van der Waals surface area contributed by atoms with Gasteiger partial charge in [0.05, 0.1) is 11.9 Å². The third-order valence-corrected chi connectivity index (χ3v) is 3.18. The Morgan fingerprint density at radius 1 is 1.30 bits per heavy atom. The van der Waals surface area contributed by atoms with Crippen molar-refractivity contribution in [1.82, 2.24) is 20.1 Å². The van der Waals surface area contributed by atoms with Crippen LogP contribution in [-0.2, 0) is 13.0 Å². The maximum Gasteiger partial charge on any atom is 0.153 e. The van der Waals surface area contributed by atoms with Gasteiger partial charge in [-0.05, 0) is 31.0 Å². The first-order valence-corrected chi connectivity index (χ1v) is 7.40. The molecule has 4 heteroatoms. The van der Waals surface area contributed by atoms with E-state index in [-0.39, 0.29) is 0 Å². The Hall–Kier alpha value is -1.68. The molecule has 0 atom stereocenters. The number of hydrogen-bond acceptors (Lipinski definition) is 3. The second-order valence-electron chi connectivity index (χ2n) is 5.49. The molecule has 2 heterocycles. The van der Waals surface area contributed by atoms with Gasteiger partial charge in [0.1, 0.15) is 0 Å². The molecule has 0 radical (unpaired) electrons. The topological polar surface area (TPSA) is 42.7 Å². The second-order valence-corrected chi connectivity index (χ2v) is 5.49. The van der Waals surface area contributed by atoms with E-state index in [1.54, 1.807) is 0 Å². The van der Waals surface area contributed by atoms with E-state index in [0.29, 0.717) is 5.92 Å². The summed E-state index contributed by atoms with van der Waals surface area (Å²) in [7, 11) is 0. The Labute approximate surface area is 121 Å². The molecule has 0 amide bonds. The van der Waals surface area contributed by atoms with E-state index in [2.05, 4.69) is 36.2 Å². The molecular formula is C16H24N4. The van der Waals surface area contributed by atoms with Crippen LogP contribution in [0, 0.1) is 5.92 Å². The highest BCUT2D eigenvalue weighted by atomic mass is 15.3. The van der Waals surface area contributed by atoms with Crippen LogP contribution in [0.4, 0.5) is 0 Å². The van der Waals surface area contributed by atoms with Crippen molar-refractivity contribution in [2.75, 3.05) is 6.54 Å². The zero-order valence-electron chi connectivity index (χ0n) is 12.6. The van der Waals surface area contributed by atoms with Crippen molar-refractivity contribution in [3.05, 3.63) is 41.9 Å². The van der Waals surface area contributed by atoms with Crippen molar-refractivity contribution in [2.24, 2.45) is 5.92 Å². The van der Waals surface area contributed by atoms with Crippen molar-refractivity contribution < 1.29 is 0 Å². The summed E-state index contributed by atoms with van der Waals surface area (Å²) >= 11 is 0. The minimum Gasteiger partial charge on any atom is -0.312 e. The Morgan fingerprint density at radius 3 is 2.80 bits per heavy atom. The lowest BCUT2D eigenvalue weighted by Crippen LogP contribution is -2.19. The number of nitrogens with zero attached hydrogens (tertiary/aromatic N) is 3. The molecule has 0 unspecified atom stereocenters. The summed E-state index contributed by atoms with van der Waals surface area (Å²) in [6.45, 7) is 8.54. The van der Waals surface area contributed by atoms with Crippen LogP contribution in [0.5, 0.6) is 0 Å². The molecule has 2 aromatic heterocycles. The van der Waals surface area contributed by atoms with Crippen LogP contribution in [0.25, 0.3) is 5.82 Å². The molecular weight excluding hydrogens is 248 g/mol. The van der Waals surface area contributed by atoms with E-state index in [9.17, 15) is 0 Å². The molecule has 0 fully saturated rings. The van der Waals surface area contributed by atoms with Crippen LogP contribution < -0.4 is 5.32 Å². The summed E-state index contributed by atoms with van der Waals surface area (Å²) in [4.78, 5) is 4.39. The molecule has 0 bridgehead atoms. The molecule has 0 aliphatic rings. The first-order chi connectivity index (χ1) is 9.72. The van der Waals surface area contributed by atoms with Crippen molar-refractivity contribution in [3.8, 4) is 5.82 Å². The lowest BCUT2D eigenvalue weighted by atomic mass is 10.1. The standard InChI is InChI=1S/C16H24N4/c1-4-7-15-14(11-17-10-13(2)3)12-19-20(15)16-8-5-6-9-18-16/h5-6,8-9,12-13,17H,4,7,10-11H2,1-3H3. The van der Waals surface area contributed by atoms with Crippen LogP contribution in [0.1, 0.15) is 38.4 Å². The molecule has 2 rings (SSSR count). The number of aromatic nitrogens is 3. The highest BCUT2D eigenvalue weighted by molar-refractivity contribution is 5.29. The number of nitrogens with one attached hydrogen (secondary N) is 1. The van der Waals surface area contributed by atoms with Gasteiger partial charge in [-0.3, -0.25) is 0 Å². The molecule has 0 aromatic carbocycles. The molecule has 0 spiro atoms. The first-order valence-electron chi connectivity index (χ1n) is 7.40. The van der Waals surface area contributed by atoms with E-state index in [1.807, 2.05) is 35.3 Å². The zero-order valence-corrected chi connectivity index (χ0v) is 12.6. The van der Waals surface area contributed by atoms with Gasteiger partial charge in [0, 0.05) is 18.3 Å². The van der Waals surface area contributed by atoms with Gasteiger partial charge in [0.15, 0.2) is 5.82 Å². The maximum atomic E-state index is 4.52. The smallest absolute Gasteiger partial charge is 0.153 e. The highest BCUT2D eigenvalue weighted by Crippen LogP contribution is 2.15. The van der Waals surface area contributed by atoms with E-state index < -0.39 is 0 Å². The Balaban J connectivity index is 2.19. The van der Waals surface area contributed by atoms with Gasteiger partial charge in [0.25, 0.3) is 0 Å². The molecule has 108 valence electrons. The Kier molecular flexibility index (Phi) is 5.30. The molecule has 0 saturated heterocycles. The maximum absolute atomic E-state index is 4.52. The third-order valence-electron chi connectivity index (χ3n) is 3.18. The fourth-order valence-electron chi connectivity index (χ4n) is 2.23. The summed E-state index contributed by atoms with van der Waals surface area (Å²) in [6.07, 6.45) is 5.90. The summed E-state index contributed by atoms with van der Waals surface area (Å²) in [5, 5.41) is 8.01. The van der Waals surface area contributed by atoms with Gasteiger partial charge >= 0.3 is 0 Å². The van der Waals surface area contributed by atoms with Gasteiger partial charge < -0.3 is 5.32 Å². The average Bonchev–Trinajstić information content (AvgIpc) is 2.83. The largest absolute Gasteiger partial charge is 0.312 e. The molecule has 0 aliphatic heterocycles. The fraction of sp³-hybridized carbons (Fsp3) is 0.500. The van der Waals surface area contributed by atoms with Crippen molar-refractivity contribution in [2.45, 2.75) is 40.2 Å². The Morgan fingerprint density at radius 2 is 2.15 bits per heavy atom.